The Morgan fingerprint density at radius 3 is 2.10 bits per heavy atom. The zero-order valence-corrected chi connectivity index (χ0v) is 16.3. The second-order valence-corrected chi connectivity index (χ2v) is 6.99. The number of nitrogens with one attached hydrogen (secondary N) is 2. The summed E-state index contributed by atoms with van der Waals surface area (Å²) in [5.74, 6) is -1.30. The Morgan fingerprint density at radius 1 is 0.967 bits per heavy atom. The van der Waals surface area contributed by atoms with Gasteiger partial charge in [0.1, 0.15) is 19.0 Å². The number of carbonyl (C=O) groups excluding carboxylic acids is 3. The molecule has 0 saturated heterocycles. The van der Waals surface area contributed by atoms with E-state index in [-0.39, 0.29) is 24.8 Å². The molecule has 0 radical (unpaired) electrons. The van der Waals surface area contributed by atoms with Crippen molar-refractivity contribution in [1.82, 2.24) is 10.6 Å². The lowest BCUT2D eigenvalue weighted by Gasteiger charge is -2.16. The van der Waals surface area contributed by atoms with Crippen LogP contribution in [0.1, 0.15) is 23.2 Å². The smallest absolute Gasteiger partial charge is 0.252 e. The average Bonchev–Trinajstić information content (AvgIpc) is 3.59. The zero-order chi connectivity index (χ0) is 21.5. The van der Waals surface area contributed by atoms with Crippen molar-refractivity contribution in [3.8, 4) is 16.9 Å². The molecule has 2 aromatic carbocycles. The van der Waals surface area contributed by atoms with Crippen molar-refractivity contribution in [3.05, 3.63) is 54.1 Å². The molecule has 30 heavy (non-hydrogen) atoms. The van der Waals surface area contributed by atoms with Crippen LogP contribution in [0.15, 0.2) is 48.5 Å². The topological polar surface area (TPSA) is 125 Å². The van der Waals surface area contributed by atoms with Crippen molar-refractivity contribution in [2.24, 2.45) is 0 Å². The summed E-state index contributed by atoms with van der Waals surface area (Å²) in [6.07, 6.45) is 1.69. The molecule has 1 aliphatic rings. The number of benzene rings is 2. The fraction of sp³-hybridized carbons (Fsp3) is 0.318. The van der Waals surface area contributed by atoms with E-state index in [1.165, 1.54) is 0 Å². The lowest BCUT2D eigenvalue weighted by Crippen LogP contribution is -2.52. The third-order valence-corrected chi connectivity index (χ3v) is 4.63. The van der Waals surface area contributed by atoms with Crippen molar-refractivity contribution in [2.75, 3.05) is 19.8 Å². The van der Waals surface area contributed by atoms with Gasteiger partial charge in [0, 0.05) is 11.6 Å². The molecule has 158 valence electrons. The van der Waals surface area contributed by atoms with Crippen LogP contribution in [0.5, 0.6) is 5.75 Å². The quantitative estimate of drug-likeness (QED) is 0.425. The predicted molar refractivity (Wildman–Crippen MR) is 109 cm³/mol. The molecule has 8 heteroatoms. The largest absolute Gasteiger partial charge is 0.491 e. The maximum absolute atomic E-state index is 12.5. The third kappa shape index (κ3) is 5.65. The lowest BCUT2D eigenvalue weighted by atomic mass is 10.0. The van der Waals surface area contributed by atoms with Gasteiger partial charge < -0.3 is 25.6 Å². The highest BCUT2D eigenvalue weighted by atomic mass is 16.5. The monoisotopic (exact) mass is 412 g/mol. The van der Waals surface area contributed by atoms with Crippen LogP contribution in [0.3, 0.4) is 0 Å². The highest BCUT2D eigenvalue weighted by molar-refractivity contribution is 6.10. The standard InChI is InChI=1S/C22H24N2O6/c25-11-12-30-18-9-5-15(6-10-18)14-1-3-16(4-2-14)21(28)24-20(19(27)13-26)22(29)23-17-7-8-17/h1-6,9-10,17,20,25-26H,7-8,11-13H2,(H,23,29)(H,24,28). The minimum absolute atomic E-state index is 0.0307. The molecule has 4 N–H and O–H groups in total. The molecule has 8 nitrogen and oxygen atoms in total. The number of Topliss-reactive ketones (excluding diaryl/α,β-unsaturated/α-hetero) is 1. The van der Waals surface area contributed by atoms with Gasteiger partial charge >= 0.3 is 0 Å². The normalized spacial score (nSPS) is 13.9. The second-order valence-electron chi connectivity index (χ2n) is 6.99. The Labute approximate surface area is 173 Å². The van der Waals surface area contributed by atoms with Crippen molar-refractivity contribution in [3.63, 3.8) is 0 Å². The minimum atomic E-state index is -1.42. The molecule has 1 aliphatic carbocycles. The van der Waals surface area contributed by atoms with Crippen LogP contribution in [-0.2, 0) is 9.59 Å². The van der Waals surface area contributed by atoms with E-state index in [1.807, 2.05) is 12.1 Å². The van der Waals surface area contributed by atoms with Gasteiger partial charge in [-0.05, 0) is 48.2 Å². The summed E-state index contributed by atoms with van der Waals surface area (Å²) < 4.78 is 5.33. The van der Waals surface area contributed by atoms with Gasteiger partial charge in [-0.25, -0.2) is 0 Å². The number of ether oxygens (including phenoxy) is 1. The minimum Gasteiger partial charge on any atom is -0.491 e. The number of hydrogen-bond donors (Lipinski definition) is 4. The maximum atomic E-state index is 12.5. The van der Waals surface area contributed by atoms with E-state index in [9.17, 15) is 14.4 Å². The molecule has 0 aromatic heterocycles. The predicted octanol–water partition coefficient (Wildman–Crippen LogP) is 0.663. The van der Waals surface area contributed by atoms with E-state index in [2.05, 4.69) is 10.6 Å². The number of ketones is 1. The fourth-order valence-electron chi connectivity index (χ4n) is 2.83. The molecule has 0 spiro atoms. The van der Waals surface area contributed by atoms with Crippen LogP contribution in [0, 0.1) is 0 Å². The first-order valence-electron chi connectivity index (χ1n) is 9.71. The molecule has 0 aliphatic heterocycles. The molecule has 1 atom stereocenters. The van der Waals surface area contributed by atoms with Crippen LogP contribution >= 0.6 is 0 Å². The van der Waals surface area contributed by atoms with Gasteiger partial charge in [0.05, 0.1) is 6.61 Å². The second kappa shape index (κ2) is 10.00. The Hall–Kier alpha value is -3.23. The first-order chi connectivity index (χ1) is 14.5. The third-order valence-electron chi connectivity index (χ3n) is 4.63. The molecule has 1 fully saturated rings. The molecule has 3 rings (SSSR count). The summed E-state index contributed by atoms with van der Waals surface area (Å²) in [7, 11) is 0. The molecule has 0 heterocycles. The highest BCUT2D eigenvalue weighted by Gasteiger charge is 2.32. The SMILES string of the molecule is O=C(NC(C(=O)CO)C(=O)NC1CC1)c1ccc(-c2ccc(OCCO)cc2)cc1. The molecular weight excluding hydrogens is 388 g/mol. The van der Waals surface area contributed by atoms with Gasteiger partial charge in [0.15, 0.2) is 11.8 Å². The van der Waals surface area contributed by atoms with E-state index < -0.39 is 30.2 Å². The molecule has 0 bridgehead atoms. The number of aliphatic hydroxyl groups is 2. The fourth-order valence-corrected chi connectivity index (χ4v) is 2.83. The maximum Gasteiger partial charge on any atom is 0.252 e. The van der Waals surface area contributed by atoms with Gasteiger partial charge in [-0.2, -0.15) is 0 Å². The molecule has 2 amide bonds. The van der Waals surface area contributed by atoms with Crippen molar-refractivity contribution in [1.29, 1.82) is 0 Å². The van der Waals surface area contributed by atoms with Crippen molar-refractivity contribution < 1.29 is 29.3 Å². The van der Waals surface area contributed by atoms with Gasteiger partial charge in [-0.3, -0.25) is 14.4 Å². The molecule has 2 aromatic rings. The van der Waals surface area contributed by atoms with Gasteiger partial charge in [-0.1, -0.05) is 24.3 Å². The van der Waals surface area contributed by atoms with Crippen LogP contribution in [0.2, 0.25) is 0 Å². The summed E-state index contributed by atoms with van der Waals surface area (Å²) in [6, 6.07) is 12.6. The van der Waals surface area contributed by atoms with Crippen molar-refractivity contribution >= 4 is 17.6 Å². The Kier molecular flexibility index (Phi) is 7.16. The molecule has 1 unspecified atom stereocenters. The Bertz CT molecular complexity index is 891. The summed E-state index contributed by atoms with van der Waals surface area (Å²) >= 11 is 0. The number of rotatable bonds is 10. The van der Waals surface area contributed by atoms with Gasteiger partial charge in [0.2, 0.25) is 0 Å². The first kappa shape index (κ1) is 21.5. The van der Waals surface area contributed by atoms with E-state index >= 15 is 0 Å². The summed E-state index contributed by atoms with van der Waals surface area (Å²) in [5, 5.41) is 23.0. The van der Waals surface area contributed by atoms with E-state index in [0.29, 0.717) is 5.75 Å². The van der Waals surface area contributed by atoms with E-state index in [0.717, 1.165) is 24.0 Å². The Balaban J connectivity index is 1.65. The summed E-state index contributed by atoms with van der Waals surface area (Å²) in [5.41, 5.74) is 2.07. The van der Waals surface area contributed by atoms with Crippen LogP contribution in [-0.4, -0.2) is 59.7 Å². The summed E-state index contributed by atoms with van der Waals surface area (Å²) in [4.78, 5) is 36.6. The number of aliphatic hydroxyl groups excluding tert-OH is 2. The number of hydrogen-bond acceptors (Lipinski definition) is 6. The average molecular weight is 412 g/mol. The highest BCUT2D eigenvalue weighted by Crippen LogP contribution is 2.23. The number of carbonyl (C=O) groups is 3. The van der Waals surface area contributed by atoms with Crippen LogP contribution in [0.25, 0.3) is 11.1 Å². The van der Waals surface area contributed by atoms with E-state index in [1.54, 1.807) is 36.4 Å². The summed E-state index contributed by atoms with van der Waals surface area (Å²) in [6.45, 7) is -0.667. The Morgan fingerprint density at radius 2 is 1.57 bits per heavy atom. The van der Waals surface area contributed by atoms with Gasteiger partial charge in [0.25, 0.3) is 11.8 Å². The zero-order valence-electron chi connectivity index (χ0n) is 16.3. The lowest BCUT2D eigenvalue weighted by molar-refractivity contribution is -0.132. The van der Waals surface area contributed by atoms with Gasteiger partial charge in [-0.15, -0.1) is 0 Å². The molecule has 1 saturated carbocycles. The van der Waals surface area contributed by atoms with Crippen LogP contribution < -0.4 is 15.4 Å². The van der Waals surface area contributed by atoms with E-state index in [4.69, 9.17) is 14.9 Å². The first-order valence-corrected chi connectivity index (χ1v) is 9.71. The van der Waals surface area contributed by atoms with Crippen LogP contribution in [0.4, 0.5) is 0 Å². The van der Waals surface area contributed by atoms with Crippen molar-refractivity contribution in [2.45, 2.75) is 24.9 Å². The molecular formula is C22H24N2O6. The number of amides is 2.